The van der Waals surface area contributed by atoms with Crippen molar-refractivity contribution in [3.8, 4) is 0 Å². The van der Waals surface area contributed by atoms with Gasteiger partial charge in [-0.2, -0.15) is 0 Å². The second kappa shape index (κ2) is 7.81. The van der Waals surface area contributed by atoms with E-state index in [1.165, 1.54) is 11.1 Å². The van der Waals surface area contributed by atoms with Crippen molar-refractivity contribution in [1.82, 2.24) is 5.32 Å². The highest BCUT2D eigenvalue weighted by molar-refractivity contribution is 7.85. The Bertz CT molecular complexity index is 400. The molecule has 3 heteroatoms. The average Bonchev–Trinajstić information content (AvgIpc) is 2.38. The molecule has 0 saturated carbocycles. The quantitative estimate of drug-likeness (QED) is 0.829. The molecule has 3 atom stereocenters. The molecule has 0 spiro atoms. The molecular formula is C16H27NOS. The number of benzene rings is 1. The molecule has 0 aliphatic heterocycles. The van der Waals surface area contributed by atoms with E-state index in [-0.39, 0.29) is 11.3 Å². The summed E-state index contributed by atoms with van der Waals surface area (Å²) in [4.78, 5) is 0. The monoisotopic (exact) mass is 281 g/mol. The van der Waals surface area contributed by atoms with Crippen LogP contribution < -0.4 is 5.32 Å². The summed E-state index contributed by atoms with van der Waals surface area (Å²) >= 11 is 0. The van der Waals surface area contributed by atoms with Crippen LogP contribution in [0.2, 0.25) is 0 Å². The van der Waals surface area contributed by atoms with Crippen molar-refractivity contribution in [2.45, 2.75) is 45.4 Å². The first kappa shape index (κ1) is 16.4. The molecule has 2 nitrogen and oxygen atoms in total. The zero-order valence-electron chi connectivity index (χ0n) is 12.8. The highest BCUT2D eigenvalue weighted by Crippen LogP contribution is 2.21. The van der Waals surface area contributed by atoms with Gasteiger partial charge in [-0.3, -0.25) is 4.21 Å². The standard InChI is InChI=1S/C16H27NOS/c1-12(2)10-11-19(18)14(4)16(17-5)15-8-6-13(3)7-9-15/h6-9,12,14,16-17H,10-11H2,1-5H3. The van der Waals surface area contributed by atoms with Crippen molar-refractivity contribution in [2.75, 3.05) is 12.8 Å². The van der Waals surface area contributed by atoms with Crippen LogP contribution >= 0.6 is 0 Å². The maximum Gasteiger partial charge on any atom is 0.0514 e. The summed E-state index contributed by atoms with van der Waals surface area (Å²) in [6.07, 6.45) is 1.03. The van der Waals surface area contributed by atoms with Gasteiger partial charge in [0.1, 0.15) is 0 Å². The Morgan fingerprint density at radius 2 is 1.74 bits per heavy atom. The SMILES string of the molecule is CNC(c1ccc(C)cc1)C(C)S(=O)CCC(C)C. The molecule has 0 radical (unpaired) electrons. The van der Waals surface area contributed by atoms with Crippen LogP contribution in [0, 0.1) is 12.8 Å². The number of aryl methyl sites for hydroxylation is 1. The topological polar surface area (TPSA) is 29.1 Å². The van der Waals surface area contributed by atoms with Crippen molar-refractivity contribution in [2.24, 2.45) is 5.92 Å². The Labute approximate surface area is 120 Å². The Hall–Kier alpha value is -0.670. The lowest BCUT2D eigenvalue weighted by molar-refractivity contribution is 0.563. The highest BCUT2D eigenvalue weighted by atomic mass is 32.2. The van der Waals surface area contributed by atoms with Gasteiger partial charge >= 0.3 is 0 Å². The van der Waals surface area contributed by atoms with E-state index in [4.69, 9.17) is 0 Å². The third-order valence-corrected chi connectivity index (χ3v) is 5.27. The third kappa shape index (κ3) is 5.07. The van der Waals surface area contributed by atoms with Crippen molar-refractivity contribution in [1.29, 1.82) is 0 Å². The van der Waals surface area contributed by atoms with Crippen LogP contribution in [0.1, 0.15) is 44.4 Å². The summed E-state index contributed by atoms with van der Waals surface area (Å²) < 4.78 is 12.4. The first-order valence-electron chi connectivity index (χ1n) is 7.06. The lowest BCUT2D eigenvalue weighted by atomic mass is 10.0. The Balaban J connectivity index is 2.73. The van der Waals surface area contributed by atoms with E-state index < -0.39 is 10.8 Å². The van der Waals surface area contributed by atoms with E-state index in [1.807, 2.05) is 7.05 Å². The van der Waals surface area contributed by atoms with Gasteiger partial charge in [0.25, 0.3) is 0 Å². The number of rotatable bonds is 7. The van der Waals surface area contributed by atoms with Gasteiger partial charge < -0.3 is 5.32 Å². The number of hydrogen-bond donors (Lipinski definition) is 1. The molecule has 0 fully saturated rings. The molecule has 1 N–H and O–H groups in total. The molecule has 1 rings (SSSR count). The summed E-state index contributed by atoms with van der Waals surface area (Å²) in [5, 5.41) is 3.44. The molecule has 0 saturated heterocycles. The van der Waals surface area contributed by atoms with E-state index in [0.29, 0.717) is 5.92 Å². The van der Waals surface area contributed by atoms with Crippen LogP contribution in [0.25, 0.3) is 0 Å². The van der Waals surface area contributed by atoms with Crippen LogP contribution in [0.5, 0.6) is 0 Å². The molecule has 0 aliphatic carbocycles. The van der Waals surface area contributed by atoms with Crippen molar-refractivity contribution in [3.63, 3.8) is 0 Å². The molecule has 3 unspecified atom stereocenters. The lowest BCUT2D eigenvalue weighted by Gasteiger charge is -2.24. The van der Waals surface area contributed by atoms with Crippen molar-refractivity contribution in [3.05, 3.63) is 35.4 Å². The predicted octanol–water partition coefficient (Wildman–Crippen LogP) is 3.44. The minimum atomic E-state index is -0.784. The van der Waals surface area contributed by atoms with E-state index in [2.05, 4.69) is 57.3 Å². The Kier molecular flexibility index (Phi) is 6.73. The molecule has 0 amide bonds. The fraction of sp³-hybridized carbons (Fsp3) is 0.625. The van der Waals surface area contributed by atoms with Gasteiger partial charge in [-0.15, -0.1) is 0 Å². The first-order valence-corrected chi connectivity index (χ1v) is 8.45. The van der Waals surface area contributed by atoms with E-state index in [9.17, 15) is 4.21 Å². The third-order valence-electron chi connectivity index (χ3n) is 3.53. The second-order valence-corrected chi connectivity index (χ2v) is 7.56. The molecular weight excluding hydrogens is 254 g/mol. The average molecular weight is 281 g/mol. The molecule has 0 bridgehead atoms. The molecule has 19 heavy (non-hydrogen) atoms. The minimum Gasteiger partial charge on any atom is -0.312 e. The predicted molar refractivity (Wildman–Crippen MR) is 84.9 cm³/mol. The summed E-state index contributed by atoms with van der Waals surface area (Å²) in [7, 11) is 1.16. The second-order valence-electron chi connectivity index (χ2n) is 5.65. The smallest absolute Gasteiger partial charge is 0.0514 e. The molecule has 0 heterocycles. The van der Waals surface area contributed by atoms with Crippen LogP contribution in [0.4, 0.5) is 0 Å². The zero-order valence-corrected chi connectivity index (χ0v) is 13.6. The van der Waals surface area contributed by atoms with Gasteiger partial charge in [0.2, 0.25) is 0 Å². The maximum absolute atomic E-state index is 12.4. The maximum atomic E-state index is 12.4. The van der Waals surface area contributed by atoms with Crippen LogP contribution in [0.15, 0.2) is 24.3 Å². The fourth-order valence-electron chi connectivity index (χ4n) is 2.14. The molecule has 0 aliphatic rings. The number of nitrogens with one attached hydrogen (secondary N) is 1. The van der Waals surface area contributed by atoms with E-state index >= 15 is 0 Å². The normalized spacial score (nSPS) is 16.3. The molecule has 108 valence electrons. The van der Waals surface area contributed by atoms with E-state index in [0.717, 1.165) is 12.2 Å². The van der Waals surface area contributed by atoms with E-state index in [1.54, 1.807) is 0 Å². The highest BCUT2D eigenvalue weighted by Gasteiger charge is 2.22. The Morgan fingerprint density at radius 1 is 1.16 bits per heavy atom. The van der Waals surface area contributed by atoms with Gasteiger partial charge in [-0.05, 0) is 38.8 Å². The lowest BCUT2D eigenvalue weighted by Crippen LogP contribution is -2.31. The van der Waals surface area contributed by atoms with Crippen LogP contribution in [-0.4, -0.2) is 22.3 Å². The largest absolute Gasteiger partial charge is 0.312 e. The van der Waals surface area contributed by atoms with Gasteiger partial charge in [0.05, 0.1) is 5.25 Å². The number of hydrogen-bond acceptors (Lipinski definition) is 2. The molecule has 0 aromatic heterocycles. The van der Waals surface area contributed by atoms with Gasteiger partial charge in [-0.25, -0.2) is 0 Å². The van der Waals surface area contributed by atoms with Crippen LogP contribution in [0.3, 0.4) is 0 Å². The zero-order chi connectivity index (χ0) is 14.4. The summed E-state index contributed by atoms with van der Waals surface area (Å²) in [5.41, 5.74) is 2.48. The van der Waals surface area contributed by atoms with Crippen molar-refractivity contribution < 1.29 is 4.21 Å². The van der Waals surface area contributed by atoms with Gasteiger partial charge in [0, 0.05) is 22.6 Å². The molecule has 1 aromatic carbocycles. The van der Waals surface area contributed by atoms with Crippen LogP contribution in [-0.2, 0) is 10.8 Å². The minimum absolute atomic E-state index is 0.131. The fourth-order valence-corrected chi connectivity index (χ4v) is 3.81. The van der Waals surface area contributed by atoms with Crippen molar-refractivity contribution >= 4 is 10.8 Å². The summed E-state index contributed by atoms with van der Waals surface area (Å²) in [6.45, 7) is 8.52. The summed E-state index contributed by atoms with van der Waals surface area (Å²) in [5.74, 6) is 1.41. The summed E-state index contributed by atoms with van der Waals surface area (Å²) in [6, 6.07) is 8.65. The van der Waals surface area contributed by atoms with Gasteiger partial charge in [-0.1, -0.05) is 43.7 Å². The van der Waals surface area contributed by atoms with Gasteiger partial charge in [0.15, 0.2) is 0 Å². The molecule has 1 aromatic rings. The Morgan fingerprint density at radius 3 is 2.21 bits per heavy atom. The first-order chi connectivity index (χ1) is 8.95.